The van der Waals surface area contributed by atoms with E-state index in [1.54, 1.807) is 0 Å². The van der Waals surface area contributed by atoms with Crippen molar-refractivity contribution in [3.63, 3.8) is 0 Å². The minimum absolute atomic E-state index is 0.0157. The molecule has 0 radical (unpaired) electrons. The van der Waals surface area contributed by atoms with Gasteiger partial charge in [-0.25, -0.2) is 4.79 Å². The van der Waals surface area contributed by atoms with Gasteiger partial charge < -0.3 is 14.8 Å². The molecule has 2 atom stereocenters. The number of hydrogen-bond donors (Lipinski definition) is 1. The van der Waals surface area contributed by atoms with Gasteiger partial charge in [0.15, 0.2) is 0 Å². The Labute approximate surface area is 191 Å². The molecule has 1 N–H and O–H groups in total. The number of rotatable bonds is 9. The van der Waals surface area contributed by atoms with Gasteiger partial charge in [0.25, 0.3) is 5.91 Å². The summed E-state index contributed by atoms with van der Waals surface area (Å²) in [6, 6.07) is 8.06. The maximum atomic E-state index is 13.5. The average molecular weight is 444 g/mol. The summed E-state index contributed by atoms with van der Waals surface area (Å²) in [6.45, 7) is 8.61. The van der Waals surface area contributed by atoms with Crippen molar-refractivity contribution in [2.24, 2.45) is 5.92 Å². The van der Waals surface area contributed by atoms with Crippen molar-refractivity contribution in [3.8, 4) is 5.75 Å². The molecule has 0 aliphatic carbocycles. The molecule has 0 unspecified atom stereocenters. The number of carbonyl (C=O) groups is 2. The van der Waals surface area contributed by atoms with E-state index in [2.05, 4.69) is 29.3 Å². The highest BCUT2D eigenvalue weighted by Crippen LogP contribution is 2.37. The van der Waals surface area contributed by atoms with Crippen LogP contribution in [0.2, 0.25) is 0 Å². The van der Waals surface area contributed by atoms with E-state index in [0.29, 0.717) is 19.6 Å². The van der Waals surface area contributed by atoms with Crippen molar-refractivity contribution in [2.45, 2.75) is 70.6 Å². The molecule has 3 aliphatic rings. The van der Waals surface area contributed by atoms with E-state index in [1.807, 2.05) is 19.1 Å². The van der Waals surface area contributed by atoms with Gasteiger partial charge in [-0.05, 0) is 75.7 Å². The molecule has 7 heteroatoms. The lowest BCUT2D eigenvalue weighted by Crippen LogP contribution is -2.56. The molecular weight excluding hydrogens is 406 g/mol. The number of imide groups is 1. The van der Waals surface area contributed by atoms with Crippen LogP contribution in [0.1, 0.15) is 57.9 Å². The fourth-order valence-electron chi connectivity index (χ4n) is 5.55. The predicted molar refractivity (Wildman–Crippen MR) is 122 cm³/mol. The molecule has 3 heterocycles. The Hall–Kier alpha value is -2.12. The van der Waals surface area contributed by atoms with Crippen LogP contribution in [0.5, 0.6) is 5.75 Å². The second-order valence-electron chi connectivity index (χ2n) is 9.33. The molecule has 3 saturated heterocycles. The van der Waals surface area contributed by atoms with Crippen LogP contribution in [0.4, 0.5) is 4.79 Å². The highest BCUT2D eigenvalue weighted by Gasteiger charge is 2.55. The number of amides is 3. The SMILES string of the molecule is CCC[C@@]1(C2CCN(Cc3ccc(OCC)cc3)CC2)NC(=O)N(C[C@@H]2CCCO2)C1=O. The monoisotopic (exact) mass is 443 g/mol. The molecule has 0 aromatic heterocycles. The van der Waals surface area contributed by atoms with Gasteiger partial charge in [-0.1, -0.05) is 25.5 Å². The Morgan fingerprint density at radius 2 is 1.88 bits per heavy atom. The number of likely N-dealkylation sites (tertiary alicyclic amines) is 1. The highest BCUT2D eigenvalue weighted by molar-refractivity contribution is 6.07. The van der Waals surface area contributed by atoms with Crippen LogP contribution in [0.25, 0.3) is 0 Å². The fraction of sp³-hybridized carbons (Fsp3) is 0.680. The van der Waals surface area contributed by atoms with Crippen molar-refractivity contribution in [1.29, 1.82) is 0 Å². The van der Waals surface area contributed by atoms with Crippen LogP contribution >= 0.6 is 0 Å². The van der Waals surface area contributed by atoms with Crippen molar-refractivity contribution < 1.29 is 19.1 Å². The van der Waals surface area contributed by atoms with Crippen LogP contribution in [0, 0.1) is 5.92 Å². The fourth-order valence-corrected chi connectivity index (χ4v) is 5.55. The third-order valence-electron chi connectivity index (χ3n) is 7.18. The molecule has 3 amide bonds. The molecule has 176 valence electrons. The summed E-state index contributed by atoms with van der Waals surface area (Å²) in [5.74, 6) is 1.04. The molecule has 3 aliphatic heterocycles. The van der Waals surface area contributed by atoms with Crippen LogP contribution in [-0.2, 0) is 16.1 Å². The Morgan fingerprint density at radius 3 is 2.50 bits per heavy atom. The second kappa shape index (κ2) is 10.2. The summed E-state index contributed by atoms with van der Waals surface area (Å²) < 4.78 is 11.2. The van der Waals surface area contributed by atoms with Gasteiger partial charge >= 0.3 is 6.03 Å². The lowest BCUT2D eigenvalue weighted by Gasteiger charge is -2.41. The first-order valence-electron chi connectivity index (χ1n) is 12.3. The standard InChI is InChI=1S/C25H37N3O4/c1-3-13-25(23(29)28(24(30)26-25)18-22-6-5-16-32-22)20-11-14-27(15-12-20)17-19-7-9-21(10-8-19)31-4-2/h7-10,20,22H,3-6,11-18H2,1-2H3,(H,26,30)/t22-,25-/m0/s1. The van der Waals surface area contributed by atoms with Crippen molar-refractivity contribution >= 4 is 11.9 Å². The van der Waals surface area contributed by atoms with Crippen LogP contribution < -0.4 is 10.1 Å². The smallest absolute Gasteiger partial charge is 0.325 e. The third-order valence-corrected chi connectivity index (χ3v) is 7.18. The quantitative estimate of drug-likeness (QED) is 0.591. The number of benzene rings is 1. The Morgan fingerprint density at radius 1 is 1.12 bits per heavy atom. The number of carbonyl (C=O) groups excluding carboxylic acids is 2. The number of piperidine rings is 1. The number of nitrogens with zero attached hydrogens (tertiary/aromatic N) is 2. The number of nitrogens with one attached hydrogen (secondary N) is 1. The summed E-state index contributed by atoms with van der Waals surface area (Å²) in [7, 11) is 0. The van der Waals surface area contributed by atoms with Gasteiger partial charge in [0.2, 0.25) is 0 Å². The van der Waals surface area contributed by atoms with Crippen molar-refractivity contribution in [2.75, 3.05) is 32.8 Å². The van der Waals surface area contributed by atoms with Crippen LogP contribution in [0.15, 0.2) is 24.3 Å². The molecular formula is C25H37N3O4. The van der Waals surface area contributed by atoms with E-state index in [0.717, 1.165) is 64.1 Å². The van der Waals surface area contributed by atoms with E-state index in [9.17, 15) is 9.59 Å². The van der Waals surface area contributed by atoms with Gasteiger partial charge in [0, 0.05) is 13.2 Å². The van der Waals surface area contributed by atoms with E-state index in [4.69, 9.17) is 9.47 Å². The number of ether oxygens (including phenoxy) is 2. The molecule has 0 bridgehead atoms. The minimum Gasteiger partial charge on any atom is -0.494 e. The van der Waals surface area contributed by atoms with E-state index in [-0.39, 0.29) is 24.0 Å². The van der Waals surface area contributed by atoms with Crippen LogP contribution in [-0.4, -0.2) is 66.2 Å². The van der Waals surface area contributed by atoms with Crippen molar-refractivity contribution in [3.05, 3.63) is 29.8 Å². The molecule has 7 nitrogen and oxygen atoms in total. The third kappa shape index (κ3) is 4.79. The summed E-state index contributed by atoms with van der Waals surface area (Å²) in [6.07, 6.45) is 5.30. The Bertz CT molecular complexity index is 785. The summed E-state index contributed by atoms with van der Waals surface area (Å²) in [5.41, 5.74) is 0.513. The summed E-state index contributed by atoms with van der Waals surface area (Å²) in [4.78, 5) is 30.2. The second-order valence-corrected chi connectivity index (χ2v) is 9.33. The maximum absolute atomic E-state index is 13.5. The Kier molecular flexibility index (Phi) is 7.36. The zero-order valence-corrected chi connectivity index (χ0v) is 19.5. The van der Waals surface area contributed by atoms with Crippen LogP contribution in [0.3, 0.4) is 0 Å². The van der Waals surface area contributed by atoms with Gasteiger partial charge in [-0.15, -0.1) is 0 Å². The van der Waals surface area contributed by atoms with E-state index >= 15 is 0 Å². The molecule has 4 rings (SSSR count). The zero-order valence-electron chi connectivity index (χ0n) is 19.5. The molecule has 32 heavy (non-hydrogen) atoms. The van der Waals surface area contributed by atoms with E-state index in [1.165, 1.54) is 10.5 Å². The molecule has 0 saturated carbocycles. The Balaban J connectivity index is 1.37. The van der Waals surface area contributed by atoms with Gasteiger partial charge in [0.05, 0.1) is 19.3 Å². The van der Waals surface area contributed by atoms with Gasteiger partial charge in [-0.2, -0.15) is 0 Å². The lowest BCUT2D eigenvalue weighted by molar-refractivity contribution is -0.135. The molecule has 0 spiro atoms. The molecule has 3 fully saturated rings. The largest absolute Gasteiger partial charge is 0.494 e. The normalized spacial score (nSPS) is 27.2. The number of urea groups is 1. The first-order valence-corrected chi connectivity index (χ1v) is 12.3. The molecule has 1 aromatic rings. The van der Waals surface area contributed by atoms with Crippen molar-refractivity contribution in [1.82, 2.24) is 15.1 Å². The summed E-state index contributed by atoms with van der Waals surface area (Å²) >= 11 is 0. The predicted octanol–water partition coefficient (Wildman–Crippen LogP) is 3.57. The summed E-state index contributed by atoms with van der Waals surface area (Å²) in [5, 5.41) is 3.14. The zero-order chi connectivity index (χ0) is 22.6. The van der Waals surface area contributed by atoms with Gasteiger partial charge in [-0.3, -0.25) is 14.6 Å². The van der Waals surface area contributed by atoms with Gasteiger partial charge in [0.1, 0.15) is 11.3 Å². The average Bonchev–Trinajstić information content (AvgIpc) is 3.39. The topological polar surface area (TPSA) is 71.1 Å². The minimum atomic E-state index is -0.754. The first-order chi connectivity index (χ1) is 15.6. The number of hydrogen-bond acceptors (Lipinski definition) is 5. The molecule has 1 aromatic carbocycles. The lowest BCUT2D eigenvalue weighted by atomic mass is 9.74. The highest BCUT2D eigenvalue weighted by atomic mass is 16.5. The van der Waals surface area contributed by atoms with E-state index < -0.39 is 5.54 Å². The maximum Gasteiger partial charge on any atom is 0.325 e. The first kappa shape index (κ1) is 23.1.